The SMILES string of the molecule is Cc1ccc(C(N)COC(C)C)c(F)c1. The van der Waals surface area contributed by atoms with Gasteiger partial charge in [-0.2, -0.15) is 0 Å². The third kappa shape index (κ3) is 3.61. The maximum atomic E-state index is 13.5. The van der Waals surface area contributed by atoms with E-state index in [4.69, 9.17) is 10.5 Å². The molecular formula is C12H18FNO. The van der Waals surface area contributed by atoms with Crippen molar-refractivity contribution in [2.45, 2.75) is 32.9 Å². The highest BCUT2D eigenvalue weighted by molar-refractivity contribution is 5.25. The number of hydrogen-bond acceptors (Lipinski definition) is 2. The van der Waals surface area contributed by atoms with Gasteiger partial charge in [0.05, 0.1) is 18.8 Å². The van der Waals surface area contributed by atoms with Crippen LogP contribution in [0.1, 0.15) is 31.0 Å². The predicted octanol–water partition coefficient (Wildman–Crippen LogP) is 2.56. The first-order valence-corrected chi connectivity index (χ1v) is 5.14. The van der Waals surface area contributed by atoms with E-state index >= 15 is 0 Å². The smallest absolute Gasteiger partial charge is 0.128 e. The van der Waals surface area contributed by atoms with Gasteiger partial charge in [-0.15, -0.1) is 0 Å². The number of halogens is 1. The second-order valence-corrected chi connectivity index (χ2v) is 4.01. The molecule has 0 aromatic heterocycles. The second-order valence-electron chi connectivity index (χ2n) is 4.01. The average molecular weight is 211 g/mol. The minimum Gasteiger partial charge on any atom is -0.377 e. The summed E-state index contributed by atoms with van der Waals surface area (Å²) in [6.45, 7) is 6.05. The van der Waals surface area contributed by atoms with E-state index in [0.29, 0.717) is 12.2 Å². The van der Waals surface area contributed by atoms with Crippen LogP contribution in [0.25, 0.3) is 0 Å². The number of nitrogens with two attached hydrogens (primary N) is 1. The van der Waals surface area contributed by atoms with Gasteiger partial charge in [0.2, 0.25) is 0 Å². The molecule has 2 nitrogen and oxygen atoms in total. The molecule has 0 fully saturated rings. The second kappa shape index (κ2) is 5.24. The zero-order chi connectivity index (χ0) is 11.4. The van der Waals surface area contributed by atoms with Gasteiger partial charge in [-0.25, -0.2) is 4.39 Å². The lowest BCUT2D eigenvalue weighted by Crippen LogP contribution is -2.20. The molecule has 0 aliphatic heterocycles. The van der Waals surface area contributed by atoms with Gasteiger partial charge in [0.15, 0.2) is 0 Å². The highest BCUT2D eigenvalue weighted by Gasteiger charge is 2.12. The topological polar surface area (TPSA) is 35.2 Å². The van der Waals surface area contributed by atoms with Crippen molar-refractivity contribution in [3.63, 3.8) is 0 Å². The van der Waals surface area contributed by atoms with Crippen LogP contribution in [0, 0.1) is 12.7 Å². The summed E-state index contributed by atoms with van der Waals surface area (Å²) in [6.07, 6.45) is 0.115. The van der Waals surface area contributed by atoms with Crippen molar-refractivity contribution in [3.8, 4) is 0 Å². The first-order valence-electron chi connectivity index (χ1n) is 5.14. The van der Waals surface area contributed by atoms with E-state index < -0.39 is 6.04 Å². The summed E-state index contributed by atoms with van der Waals surface area (Å²) in [5.74, 6) is -0.255. The van der Waals surface area contributed by atoms with E-state index in [2.05, 4.69) is 0 Å². The van der Waals surface area contributed by atoms with Gasteiger partial charge in [0, 0.05) is 5.56 Å². The van der Waals surface area contributed by atoms with Crippen molar-refractivity contribution in [1.82, 2.24) is 0 Å². The number of rotatable bonds is 4. The molecule has 0 amide bonds. The molecule has 1 atom stereocenters. The van der Waals surface area contributed by atoms with Crippen LogP contribution in [0.5, 0.6) is 0 Å². The van der Waals surface area contributed by atoms with Gasteiger partial charge in [0.1, 0.15) is 5.82 Å². The first kappa shape index (κ1) is 12.1. The van der Waals surface area contributed by atoms with E-state index in [1.165, 1.54) is 6.07 Å². The van der Waals surface area contributed by atoms with Gasteiger partial charge in [-0.3, -0.25) is 0 Å². The minimum atomic E-state index is -0.395. The molecule has 0 heterocycles. The number of hydrogen-bond donors (Lipinski definition) is 1. The molecule has 2 N–H and O–H groups in total. The van der Waals surface area contributed by atoms with Crippen LogP contribution in [0.4, 0.5) is 4.39 Å². The normalized spacial score (nSPS) is 13.2. The molecular weight excluding hydrogens is 193 g/mol. The van der Waals surface area contributed by atoms with Crippen molar-refractivity contribution in [2.75, 3.05) is 6.61 Å². The zero-order valence-electron chi connectivity index (χ0n) is 9.46. The lowest BCUT2D eigenvalue weighted by molar-refractivity contribution is 0.0677. The summed E-state index contributed by atoms with van der Waals surface area (Å²) in [4.78, 5) is 0. The fourth-order valence-corrected chi connectivity index (χ4v) is 1.32. The Bertz CT molecular complexity index is 325. The summed E-state index contributed by atoms with van der Waals surface area (Å²) >= 11 is 0. The lowest BCUT2D eigenvalue weighted by Gasteiger charge is -2.15. The molecule has 0 aliphatic rings. The van der Waals surface area contributed by atoms with Gasteiger partial charge in [-0.05, 0) is 32.4 Å². The van der Waals surface area contributed by atoms with Crippen LogP contribution in [0.15, 0.2) is 18.2 Å². The monoisotopic (exact) mass is 211 g/mol. The van der Waals surface area contributed by atoms with E-state index in [0.717, 1.165) is 5.56 Å². The first-order chi connectivity index (χ1) is 7.00. The third-order valence-corrected chi connectivity index (χ3v) is 2.16. The Balaban J connectivity index is 2.69. The summed E-state index contributed by atoms with van der Waals surface area (Å²) in [7, 11) is 0. The Kier molecular flexibility index (Phi) is 4.24. The minimum absolute atomic E-state index is 0.115. The average Bonchev–Trinajstić information content (AvgIpc) is 2.14. The Morgan fingerprint density at radius 3 is 2.60 bits per heavy atom. The summed E-state index contributed by atoms with van der Waals surface area (Å²) in [5, 5.41) is 0. The van der Waals surface area contributed by atoms with Crippen molar-refractivity contribution in [3.05, 3.63) is 35.1 Å². The molecule has 1 aromatic carbocycles. The van der Waals surface area contributed by atoms with Crippen LogP contribution in [0.2, 0.25) is 0 Å². The molecule has 1 aromatic rings. The highest BCUT2D eigenvalue weighted by atomic mass is 19.1. The highest BCUT2D eigenvalue weighted by Crippen LogP contribution is 2.17. The fourth-order valence-electron chi connectivity index (χ4n) is 1.32. The molecule has 3 heteroatoms. The van der Waals surface area contributed by atoms with Crippen molar-refractivity contribution in [1.29, 1.82) is 0 Å². The molecule has 0 radical (unpaired) electrons. The molecule has 0 aliphatic carbocycles. The summed E-state index contributed by atoms with van der Waals surface area (Å²) in [6, 6.07) is 4.67. The van der Waals surface area contributed by atoms with Gasteiger partial charge in [0.25, 0.3) is 0 Å². The molecule has 1 unspecified atom stereocenters. The summed E-state index contributed by atoms with van der Waals surface area (Å²) in [5.41, 5.74) is 7.24. The van der Waals surface area contributed by atoms with Crippen LogP contribution >= 0.6 is 0 Å². The Morgan fingerprint density at radius 1 is 1.40 bits per heavy atom. The third-order valence-electron chi connectivity index (χ3n) is 2.16. The predicted molar refractivity (Wildman–Crippen MR) is 59.2 cm³/mol. The van der Waals surface area contributed by atoms with Gasteiger partial charge >= 0.3 is 0 Å². The molecule has 84 valence electrons. The maximum absolute atomic E-state index is 13.5. The molecule has 15 heavy (non-hydrogen) atoms. The number of aryl methyl sites for hydroxylation is 1. The Labute approximate surface area is 90.2 Å². The molecule has 1 rings (SSSR count). The molecule has 0 saturated heterocycles. The summed E-state index contributed by atoms with van der Waals surface area (Å²) < 4.78 is 18.8. The largest absolute Gasteiger partial charge is 0.377 e. The zero-order valence-corrected chi connectivity index (χ0v) is 9.46. The van der Waals surface area contributed by atoms with Crippen molar-refractivity contribution < 1.29 is 9.13 Å². The van der Waals surface area contributed by atoms with Crippen LogP contribution in [-0.2, 0) is 4.74 Å². The van der Waals surface area contributed by atoms with E-state index in [1.54, 1.807) is 6.07 Å². The lowest BCUT2D eigenvalue weighted by atomic mass is 10.1. The standard InChI is InChI=1S/C12H18FNO/c1-8(2)15-7-12(14)10-5-4-9(3)6-11(10)13/h4-6,8,12H,7,14H2,1-3H3. The van der Waals surface area contributed by atoms with Crippen LogP contribution in [-0.4, -0.2) is 12.7 Å². The Hall–Kier alpha value is -0.930. The van der Waals surface area contributed by atoms with E-state index in [9.17, 15) is 4.39 Å². The quantitative estimate of drug-likeness (QED) is 0.830. The fraction of sp³-hybridized carbons (Fsp3) is 0.500. The molecule has 0 spiro atoms. The van der Waals surface area contributed by atoms with E-state index in [-0.39, 0.29) is 11.9 Å². The van der Waals surface area contributed by atoms with Gasteiger partial charge in [-0.1, -0.05) is 12.1 Å². The van der Waals surface area contributed by atoms with Crippen molar-refractivity contribution in [2.24, 2.45) is 5.73 Å². The molecule has 0 bridgehead atoms. The molecule has 0 saturated carbocycles. The van der Waals surface area contributed by atoms with E-state index in [1.807, 2.05) is 26.8 Å². The van der Waals surface area contributed by atoms with Crippen molar-refractivity contribution >= 4 is 0 Å². The van der Waals surface area contributed by atoms with Crippen LogP contribution in [0.3, 0.4) is 0 Å². The maximum Gasteiger partial charge on any atom is 0.128 e. The van der Waals surface area contributed by atoms with Gasteiger partial charge < -0.3 is 10.5 Å². The number of ether oxygens (including phenoxy) is 1. The number of benzene rings is 1. The van der Waals surface area contributed by atoms with Crippen LogP contribution < -0.4 is 5.73 Å². The Morgan fingerprint density at radius 2 is 2.07 bits per heavy atom.